The fraction of sp³-hybridized carbons (Fsp3) is 0.321. The molecule has 0 saturated carbocycles. The zero-order valence-corrected chi connectivity index (χ0v) is 23.1. The molecule has 9 heteroatoms. The van der Waals surface area contributed by atoms with Gasteiger partial charge in [0, 0.05) is 18.1 Å². The fourth-order valence-electron chi connectivity index (χ4n) is 4.44. The van der Waals surface area contributed by atoms with E-state index in [2.05, 4.69) is 16.3 Å². The summed E-state index contributed by atoms with van der Waals surface area (Å²) < 4.78 is 28.3. The van der Waals surface area contributed by atoms with Crippen LogP contribution in [0.25, 0.3) is 0 Å². The molecule has 0 radical (unpaired) electrons. The molecule has 0 aliphatic carbocycles. The number of hydrogen-bond donors (Lipinski definition) is 1. The Morgan fingerprint density at radius 2 is 1.62 bits per heavy atom. The lowest BCUT2D eigenvalue weighted by molar-refractivity contribution is -0.119. The summed E-state index contributed by atoms with van der Waals surface area (Å²) in [6.07, 6.45) is 3.68. The van der Waals surface area contributed by atoms with Crippen LogP contribution >= 0.6 is 23.2 Å². The summed E-state index contributed by atoms with van der Waals surface area (Å²) in [5.41, 5.74) is 3.24. The Morgan fingerprint density at radius 3 is 2.32 bits per heavy atom. The lowest BCUT2D eigenvalue weighted by atomic mass is 10.0. The van der Waals surface area contributed by atoms with E-state index < -0.39 is 22.5 Å². The SMILES string of the molecule is Cc1ccc(S(=O)(=O)N(CC(=O)NCc2ccccc2CN2CCCCC2)c2cc(Cl)ccc2Cl)cc1. The van der Waals surface area contributed by atoms with Crippen LogP contribution in [0, 0.1) is 6.92 Å². The molecule has 1 aliphatic heterocycles. The maximum absolute atomic E-state index is 13.6. The van der Waals surface area contributed by atoms with E-state index in [9.17, 15) is 13.2 Å². The molecule has 3 aromatic rings. The van der Waals surface area contributed by atoms with Gasteiger partial charge in [0.05, 0.1) is 15.6 Å². The van der Waals surface area contributed by atoms with Crippen molar-refractivity contribution in [3.8, 4) is 0 Å². The average Bonchev–Trinajstić information content (AvgIpc) is 2.89. The first-order valence-electron chi connectivity index (χ1n) is 12.3. The lowest BCUT2D eigenvalue weighted by Gasteiger charge is -2.27. The predicted molar refractivity (Wildman–Crippen MR) is 150 cm³/mol. The molecule has 1 saturated heterocycles. The van der Waals surface area contributed by atoms with E-state index >= 15 is 0 Å². The largest absolute Gasteiger partial charge is 0.350 e. The van der Waals surface area contributed by atoms with Crippen molar-refractivity contribution in [2.75, 3.05) is 23.9 Å². The van der Waals surface area contributed by atoms with E-state index in [1.165, 1.54) is 43.5 Å². The standard InChI is InChI=1S/C28H31Cl2N3O3S/c1-21-9-12-25(13-10-21)37(35,36)33(27-17-24(29)11-14-26(27)30)20-28(34)31-18-22-7-3-4-8-23(22)19-32-15-5-2-6-16-32/h3-4,7-14,17H,2,5-6,15-16,18-20H2,1H3,(H,31,34). The Labute approximate surface area is 229 Å². The molecule has 0 spiro atoms. The van der Waals surface area contributed by atoms with Crippen molar-refractivity contribution >= 4 is 44.8 Å². The number of anilines is 1. The van der Waals surface area contributed by atoms with E-state index in [0.29, 0.717) is 11.6 Å². The summed E-state index contributed by atoms with van der Waals surface area (Å²) in [4.78, 5) is 15.6. The number of carbonyl (C=O) groups is 1. The van der Waals surface area contributed by atoms with Gasteiger partial charge in [-0.15, -0.1) is 0 Å². The monoisotopic (exact) mass is 559 g/mol. The number of rotatable bonds is 9. The minimum atomic E-state index is -4.09. The number of sulfonamides is 1. The second-order valence-corrected chi connectivity index (χ2v) is 12.0. The highest BCUT2D eigenvalue weighted by Gasteiger charge is 2.29. The highest BCUT2D eigenvalue weighted by atomic mass is 35.5. The maximum Gasteiger partial charge on any atom is 0.264 e. The maximum atomic E-state index is 13.6. The molecule has 1 aliphatic rings. The zero-order chi connectivity index (χ0) is 26.4. The van der Waals surface area contributed by atoms with Gasteiger partial charge < -0.3 is 5.32 Å². The van der Waals surface area contributed by atoms with Crippen molar-refractivity contribution in [1.82, 2.24) is 10.2 Å². The molecule has 1 fully saturated rings. The third-order valence-corrected chi connectivity index (χ3v) is 8.84. The summed E-state index contributed by atoms with van der Waals surface area (Å²) in [7, 11) is -4.09. The molecule has 37 heavy (non-hydrogen) atoms. The number of halogens is 2. The molecular formula is C28H31Cl2N3O3S. The van der Waals surface area contributed by atoms with Gasteiger partial charge in [0.1, 0.15) is 6.54 Å². The molecular weight excluding hydrogens is 529 g/mol. The summed E-state index contributed by atoms with van der Waals surface area (Å²) in [6.45, 7) is 4.71. The molecule has 0 bridgehead atoms. The van der Waals surface area contributed by atoms with Gasteiger partial charge in [0.15, 0.2) is 0 Å². The second-order valence-electron chi connectivity index (χ2n) is 9.30. The summed E-state index contributed by atoms with van der Waals surface area (Å²) in [5, 5.41) is 3.40. The summed E-state index contributed by atoms with van der Waals surface area (Å²) >= 11 is 12.5. The minimum absolute atomic E-state index is 0.0637. The zero-order valence-electron chi connectivity index (χ0n) is 20.8. The molecule has 0 unspecified atom stereocenters. The van der Waals surface area contributed by atoms with Gasteiger partial charge >= 0.3 is 0 Å². The quantitative estimate of drug-likeness (QED) is 0.359. The molecule has 6 nitrogen and oxygen atoms in total. The molecule has 1 heterocycles. The van der Waals surface area contributed by atoms with Crippen LogP contribution in [0.15, 0.2) is 71.6 Å². The first-order valence-corrected chi connectivity index (χ1v) is 14.5. The number of piperidine rings is 1. The van der Waals surface area contributed by atoms with Crippen LogP contribution in [-0.4, -0.2) is 38.9 Å². The average molecular weight is 561 g/mol. The molecule has 3 aromatic carbocycles. The van der Waals surface area contributed by atoms with E-state index in [0.717, 1.165) is 40.6 Å². The van der Waals surface area contributed by atoms with Crippen LogP contribution < -0.4 is 9.62 Å². The number of likely N-dealkylation sites (tertiary alicyclic amines) is 1. The second kappa shape index (κ2) is 12.3. The summed E-state index contributed by atoms with van der Waals surface area (Å²) in [6, 6.07) is 19.0. The highest BCUT2D eigenvalue weighted by Crippen LogP contribution is 2.33. The van der Waals surface area contributed by atoms with Gasteiger partial charge in [-0.25, -0.2) is 8.42 Å². The van der Waals surface area contributed by atoms with Crippen LogP contribution in [0.2, 0.25) is 10.0 Å². The van der Waals surface area contributed by atoms with Gasteiger partial charge in [-0.1, -0.05) is 71.6 Å². The van der Waals surface area contributed by atoms with Crippen molar-refractivity contribution in [1.29, 1.82) is 0 Å². The highest BCUT2D eigenvalue weighted by molar-refractivity contribution is 7.92. The molecule has 1 N–H and O–H groups in total. The Hall–Kier alpha value is -2.58. The molecule has 1 amide bonds. The number of aryl methyl sites for hydroxylation is 1. The van der Waals surface area contributed by atoms with E-state index in [1.807, 2.05) is 25.1 Å². The smallest absolute Gasteiger partial charge is 0.264 e. The van der Waals surface area contributed by atoms with Gasteiger partial charge in [0.25, 0.3) is 10.0 Å². The molecule has 0 aromatic heterocycles. The van der Waals surface area contributed by atoms with Gasteiger partial charge in [-0.05, 0) is 74.3 Å². The van der Waals surface area contributed by atoms with Gasteiger partial charge in [-0.3, -0.25) is 14.0 Å². The number of amides is 1. The predicted octanol–water partition coefficient (Wildman–Crippen LogP) is 5.80. The van der Waals surface area contributed by atoms with Crippen LogP contribution in [0.4, 0.5) is 5.69 Å². The number of nitrogens with zero attached hydrogens (tertiary/aromatic N) is 2. The Bertz CT molecular complexity index is 1340. The normalized spacial score (nSPS) is 14.4. The fourth-order valence-corrected chi connectivity index (χ4v) is 6.30. The Morgan fingerprint density at radius 1 is 0.946 bits per heavy atom. The van der Waals surface area contributed by atoms with Crippen LogP contribution in [-0.2, 0) is 27.9 Å². The lowest BCUT2D eigenvalue weighted by Crippen LogP contribution is -2.41. The number of carbonyl (C=O) groups excluding carboxylic acids is 1. The van der Waals surface area contributed by atoms with Crippen molar-refractivity contribution in [3.63, 3.8) is 0 Å². The van der Waals surface area contributed by atoms with Crippen molar-refractivity contribution in [2.45, 2.75) is 44.2 Å². The van der Waals surface area contributed by atoms with E-state index in [1.54, 1.807) is 18.2 Å². The van der Waals surface area contributed by atoms with Crippen LogP contribution in [0.1, 0.15) is 36.0 Å². The number of nitrogens with one attached hydrogen (secondary N) is 1. The van der Waals surface area contributed by atoms with Crippen molar-refractivity contribution in [2.24, 2.45) is 0 Å². The first kappa shape index (κ1) is 27.5. The topological polar surface area (TPSA) is 69.7 Å². The number of hydrogen-bond acceptors (Lipinski definition) is 4. The molecule has 4 rings (SSSR count). The van der Waals surface area contributed by atoms with Crippen molar-refractivity contribution < 1.29 is 13.2 Å². The summed E-state index contributed by atoms with van der Waals surface area (Å²) in [5.74, 6) is -0.445. The Kier molecular flexibility index (Phi) is 9.13. The first-order chi connectivity index (χ1) is 17.7. The minimum Gasteiger partial charge on any atom is -0.350 e. The van der Waals surface area contributed by atoms with Crippen molar-refractivity contribution in [3.05, 3.63) is 93.5 Å². The van der Waals surface area contributed by atoms with Gasteiger partial charge in [-0.2, -0.15) is 0 Å². The molecule has 0 atom stereocenters. The Balaban J connectivity index is 1.54. The van der Waals surface area contributed by atoms with Crippen LogP contribution in [0.3, 0.4) is 0 Å². The molecule has 196 valence electrons. The third-order valence-electron chi connectivity index (χ3n) is 6.51. The van der Waals surface area contributed by atoms with E-state index in [4.69, 9.17) is 23.2 Å². The van der Waals surface area contributed by atoms with Gasteiger partial charge in [0.2, 0.25) is 5.91 Å². The van der Waals surface area contributed by atoms with E-state index in [-0.39, 0.29) is 15.6 Å². The third kappa shape index (κ3) is 7.05. The van der Waals surface area contributed by atoms with Crippen LogP contribution in [0.5, 0.6) is 0 Å². The number of benzene rings is 3.